The molecule has 14 heteroatoms. The lowest BCUT2D eigenvalue weighted by molar-refractivity contribution is 0.0511. The normalized spacial score (nSPS) is 15.4. The Kier molecular flexibility index (Phi) is 16.5. The SMILES string of the molecule is CNCCCCCOCCN=C1N=C(Nc2ccc(C(=O)NCCOCCOCCN)cc2)N(C)C(Nc2ccc(O)cc2)N1. The van der Waals surface area contributed by atoms with Gasteiger partial charge in [-0.15, -0.1) is 0 Å². The molecular formula is C31H49N9O5. The molecule has 0 bridgehead atoms. The van der Waals surface area contributed by atoms with E-state index < -0.39 is 0 Å². The number of hydrogen-bond donors (Lipinski definition) is 7. The number of unbranched alkanes of at least 4 members (excludes halogenated alkanes) is 2. The van der Waals surface area contributed by atoms with Crippen molar-refractivity contribution in [3.8, 4) is 5.75 Å². The molecule has 248 valence electrons. The third-order valence-corrected chi connectivity index (χ3v) is 6.65. The maximum atomic E-state index is 12.6. The van der Waals surface area contributed by atoms with Gasteiger partial charge in [-0.05, 0) is 81.4 Å². The number of hydrogen-bond acceptors (Lipinski definition) is 11. The lowest BCUT2D eigenvalue weighted by Gasteiger charge is -2.36. The van der Waals surface area contributed by atoms with Crippen LogP contribution in [0, 0.1) is 0 Å². The van der Waals surface area contributed by atoms with Gasteiger partial charge in [-0.2, -0.15) is 4.99 Å². The second kappa shape index (κ2) is 20.9. The van der Waals surface area contributed by atoms with Crippen LogP contribution in [0.3, 0.4) is 0 Å². The molecule has 8 N–H and O–H groups in total. The standard InChI is InChI=1S/C31H49N9O5/c1-33-15-4-3-5-18-43-21-17-35-29-38-30(40(2)31(39-29)37-26-10-12-27(41)13-11-26)36-25-8-6-24(7-9-25)28(42)34-16-20-45-23-22-44-19-14-32/h6-13,31,33,37,41H,3-5,14-23,32H2,1-2H3,(H,34,42)(H2,35,36,38,39). The molecule has 45 heavy (non-hydrogen) atoms. The summed E-state index contributed by atoms with van der Waals surface area (Å²) in [5.74, 6) is 1.01. The molecule has 0 fully saturated rings. The molecule has 1 heterocycles. The van der Waals surface area contributed by atoms with E-state index in [2.05, 4.69) is 31.6 Å². The van der Waals surface area contributed by atoms with Crippen molar-refractivity contribution in [2.24, 2.45) is 15.7 Å². The Morgan fingerprint density at radius 1 is 0.933 bits per heavy atom. The first-order valence-corrected chi connectivity index (χ1v) is 15.4. The minimum atomic E-state index is -0.388. The molecule has 3 rings (SSSR count). The summed E-state index contributed by atoms with van der Waals surface area (Å²) in [7, 11) is 3.85. The zero-order valence-electron chi connectivity index (χ0n) is 26.4. The summed E-state index contributed by atoms with van der Waals surface area (Å²) >= 11 is 0. The van der Waals surface area contributed by atoms with E-state index in [0.29, 0.717) is 76.8 Å². The highest BCUT2D eigenvalue weighted by molar-refractivity contribution is 6.04. The average molecular weight is 628 g/mol. The number of nitrogens with one attached hydrogen (secondary N) is 5. The van der Waals surface area contributed by atoms with Gasteiger partial charge in [0.1, 0.15) is 5.75 Å². The number of amides is 1. The number of guanidine groups is 2. The van der Waals surface area contributed by atoms with Gasteiger partial charge < -0.3 is 56.5 Å². The number of aromatic hydroxyl groups is 1. The summed E-state index contributed by atoms with van der Waals surface area (Å²) in [6.07, 6.45) is 2.89. The quantitative estimate of drug-likeness (QED) is 0.0789. The van der Waals surface area contributed by atoms with Gasteiger partial charge in [-0.1, -0.05) is 0 Å². The van der Waals surface area contributed by atoms with E-state index >= 15 is 0 Å². The Morgan fingerprint density at radius 2 is 1.64 bits per heavy atom. The van der Waals surface area contributed by atoms with Gasteiger partial charge in [0.05, 0.1) is 39.6 Å². The van der Waals surface area contributed by atoms with Crippen LogP contribution in [0.25, 0.3) is 0 Å². The third kappa shape index (κ3) is 13.7. The Hall–Kier alpha value is -3.95. The van der Waals surface area contributed by atoms with Crippen molar-refractivity contribution < 1.29 is 24.1 Å². The summed E-state index contributed by atoms with van der Waals surface area (Å²) in [6, 6.07) is 14.0. The van der Waals surface area contributed by atoms with Crippen LogP contribution < -0.4 is 32.3 Å². The van der Waals surface area contributed by atoms with Gasteiger partial charge in [0.25, 0.3) is 5.91 Å². The Morgan fingerprint density at radius 3 is 2.38 bits per heavy atom. The molecule has 0 spiro atoms. The molecule has 1 aliphatic heterocycles. The largest absolute Gasteiger partial charge is 0.508 e. The first-order valence-electron chi connectivity index (χ1n) is 15.4. The highest BCUT2D eigenvalue weighted by atomic mass is 16.5. The second-order valence-corrected chi connectivity index (χ2v) is 10.2. The molecule has 2 aromatic rings. The van der Waals surface area contributed by atoms with Crippen molar-refractivity contribution in [1.29, 1.82) is 0 Å². The van der Waals surface area contributed by atoms with Gasteiger partial charge in [-0.25, -0.2) is 4.99 Å². The number of phenols is 1. The van der Waals surface area contributed by atoms with Crippen molar-refractivity contribution in [3.05, 3.63) is 54.1 Å². The summed E-state index contributed by atoms with van der Waals surface area (Å²) < 4.78 is 16.5. The molecule has 14 nitrogen and oxygen atoms in total. The van der Waals surface area contributed by atoms with Crippen molar-refractivity contribution >= 4 is 29.2 Å². The molecule has 1 amide bonds. The van der Waals surface area contributed by atoms with E-state index in [1.807, 2.05) is 31.1 Å². The molecule has 1 atom stereocenters. The number of phenolic OH excluding ortho intramolecular Hbond substituents is 1. The second-order valence-electron chi connectivity index (χ2n) is 10.2. The van der Waals surface area contributed by atoms with Crippen molar-refractivity contribution in [1.82, 2.24) is 20.9 Å². The van der Waals surface area contributed by atoms with Crippen LogP contribution in [-0.2, 0) is 14.2 Å². The summed E-state index contributed by atoms with van der Waals surface area (Å²) in [5.41, 5.74) is 7.47. The average Bonchev–Trinajstić information content (AvgIpc) is 3.05. The first-order chi connectivity index (χ1) is 22.0. The minimum Gasteiger partial charge on any atom is -0.508 e. The van der Waals surface area contributed by atoms with E-state index in [1.165, 1.54) is 0 Å². The third-order valence-electron chi connectivity index (χ3n) is 6.65. The maximum Gasteiger partial charge on any atom is 0.251 e. The van der Waals surface area contributed by atoms with Crippen molar-refractivity contribution in [2.75, 3.05) is 90.5 Å². The predicted molar refractivity (Wildman–Crippen MR) is 178 cm³/mol. The minimum absolute atomic E-state index is 0.186. The van der Waals surface area contributed by atoms with Gasteiger partial charge in [-0.3, -0.25) is 4.79 Å². The van der Waals surface area contributed by atoms with Crippen LogP contribution >= 0.6 is 0 Å². The van der Waals surface area contributed by atoms with Crippen LogP contribution in [0.2, 0.25) is 0 Å². The fraction of sp³-hybridized carbons (Fsp3) is 0.516. The summed E-state index contributed by atoms with van der Waals surface area (Å²) in [5, 5.41) is 25.7. The fourth-order valence-corrected chi connectivity index (χ4v) is 4.18. The van der Waals surface area contributed by atoms with E-state index in [-0.39, 0.29) is 17.9 Å². The lowest BCUT2D eigenvalue weighted by Crippen LogP contribution is -2.58. The first kappa shape index (κ1) is 35.5. The number of carbonyl (C=O) groups is 1. The van der Waals surface area contributed by atoms with Crippen LogP contribution in [-0.4, -0.2) is 114 Å². The molecule has 0 saturated carbocycles. The molecule has 0 aromatic heterocycles. The number of anilines is 2. The van der Waals surface area contributed by atoms with Gasteiger partial charge in [0.2, 0.25) is 11.9 Å². The summed E-state index contributed by atoms with van der Waals surface area (Å²) in [4.78, 5) is 23.8. The monoisotopic (exact) mass is 627 g/mol. The van der Waals surface area contributed by atoms with Gasteiger partial charge >= 0.3 is 0 Å². The topological polar surface area (TPSA) is 179 Å². The fourth-order valence-electron chi connectivity index (χ4n) is 4.18. The van der Waals surface area contributed by atoms with Crippen LogP contribution in [0.4, 0.5) is 11.4 Å². The highest BCUT2D eigenvalue weighted by Gasteiger charge is 2.25. The number of ether oxygens (including phenoxy) is 3. The van der Waals surface area contributed by atoms with E-state index in [4.69, 9.17) is 24.9 Å². The Labute approximate surface area is 265 Å². The number of nitrogens with zero attached hydrogens (tertiary/aromatic N) is 3. The number of aliphatic imine (C=N–C) groups is 2. The zero-order chi connectivity index (χ0) is 32.1. The molecule has 2 aromatic carbocycles. The molecule has 1 unspecified atom stereocenters. The number of benzene rings is 2. The number of rotatable bonds is 21. The molecular weight excluding hydrogens is 578 g/mol. The molecule has 0 radical (unpaired) electrons. The Balaban J connectivity index is 1.55. The van der Waals surface area contributed by atoms with Crippen molar-refractivity contribution in [3.63, 3.8) is 0 Å². The van der Waals surface area contributed by atoms with Crippen LogP contribution in [0.1, 0.15) is 29.6 Å². The zero-order valence-corrected chi connectivity index (χ0v) is 26.4. The Bertz CT molecular complexity index is 1180. The van der Waals surface area contributed by atoms with E-state index in [1.54, 1.807) is 36.4 Å². The molecule has 0 aliphatic carbocycles. The van der Waals surface area contributed by atoms with Gasteiger partial charge in [0.15, 0.2) is 6.29 Å². The van der Waals surface area contributed by atoms with Crippen molar-refractivity contribution in [2.45, 2.75) is 25.6 Å². The smallest absolute Gasteiger partial charge is 0.251 e. The number of nitrogens with two attached hydrogens (primary N) is 1. The maximum absolute atomic E-state index is 12.6. The molecule has 0 saturated heterocycles. The van der Waals surface area contributed by atoms with E-state index in [0.717, 1.165) is 37.2 Å². The highest BCUT2D eigenvalue weighted by Crippen LogP contribution is 2.17. The van der Waals surface area contributed by atoms with Gasteiger partial charge in [0, 0.05) is 43.7 Å². The lowest BCUT2D eigenvalue weighted by atomic mass is 10.2. The van der Waals surface area contributed by atoms with E-state index in [9.17, 15) is 9.90 Å². The number of carbonyl (C=O) groups excluding carboxylic acids is 1. The van der Waals surface area contributed by atoms with Crippen LogP contribution in [0.5, 0.6) is 5.75 Å². The molecule has 1 aliphatic rings. The summed E-state index contributed by atoms with van der Waals surface area (Å²) in [6.45, 7) is 5.38. The van der Waals surface area contributed by atoms with Crippen LogP contribution in [0.15, 0.2) is 58.5 Å². The predicted octanol–water partition coefficient (Wildman–Crippen LogP) is 1.57.